The molecule has 2 nitrogen and oxygen atoms in total. The molecule has 23 heavy (non-hydrogen) atoms. The van der Waals surface area contributed by atoms with Crippen LogP contribution >= 0.6 is 11.6 Å². The molecule has 0 heterocycles. The average Bonchev–Trinajstić information content (AvgIpc) is 2.57. The Bertz CT molecular complexity index is 788. The molecule has 116 valence electrons. The second-order valence-corrected chi connectivity index (χ2v) is 6.06. The van der Waals surface area contributed by atoms with Gasteiger partial charge < -0.3 is 5.32 Å². The summed E-state index contributed by atoms with van der Waals surface area (Å²) in [5, 5.41) is 3.59. The minimum atomic E-state index is -0.148. The number of allylic oxidation sites excluding steroid dienone is 2. The lowest BCUT2D eigenvalue weighted by molar-refractivity contribution is -0.111. The van der Waals surface area contributed by atoms with Crippen LogP contribution in [0.4, 0.5) is 5.69 Å². The van der Waals surface area contributed by atoms with E-state index >= 15 is 0 Å². The Kier molecular flexibility index (Phi) is 4.63. The van der Waals surface area contributed by atoms with Gasteiger partial charge in [0.05, 0.1) is 5.03 Å². The van der Waals surface area contributed by atoms with Crippen LogP contribution in [0.2, 0.25) is 0 Å². The molecule has 2 aromatic carbocycles. The van der Waals surface area contributed by atoms with Crippen LogP contribution in [0.15, 0.2) is 66.3 Å². The quantitative estimate of drug-likeness (QED) is 0.783. The third kappa shape index (κ3) is 3.72. The van der Waals surface area contributed by atoms with E-state index in [9.17, 15) is 4.79 Å². The molecule has 0 unspecified atom stereocenters. The largest absolute Gasteiger partial charge is 0.323 e. The molecule has 0 spiro atoms. The molecular weight excluding hydrogens is 306 g/mol. The summed E-state index contributed by atoms with van der Waals surface area (Å²) in [7, 11) is 0. The van der Waals surface area contributed by atoms with Crippen LogP contribution in [-0.4, -0.2) is 5.91 Å². The summed E-state index contributed by atoms with van der Waals surface area (Å²) in [6, 6.07) is 15.9. The maximum absolute atomic E-state index is 12.0. The van der Waals surface area contributed by atoms with Crippen LogP contribution < -0.4 is 5.32 Å². The second kappa shape index (κ2) is 6.84. The number of carbonyl (C=O) groups is 1. The number of carbonyl (C=O) groups excluding carboxylic acids is 1. The molecule has 0 bridgehead atoms. The summed E-state index contributed by atoms with van der Waals surface area (Å²) in [5.74, 6) is -0.148. The summed E-state index contributed by atoms with van der Waals surface area (Å²) in [4.78, 5) is 12.0. The number of hydrogen-bond acceptors (Lipinski definition) is 1. The molecule has 0 atom stereocenters. The molecule has 1 aliphatic rings. The van der Waals surface area contributed by atoms with Gasteiger partial charge in [-0.2, -0.15) is 0 Å². The SMILES string of the molecule is Cc1ccc(NC(=O)/C=C/C2=C(Cl)c3ccccc3CC2)cc1. The molecule has 3 heteroatoms. The Morgan fingerprint density at radius 1 is 1.09 bits per heavy atom. The van der Waals surface area contributed by atoms with Crippen LogP contribution in [0.3, 0.4) is 0 Å². The number of hydrogen-bond donors (Lipinski definition) is 1. The zero-order valence-electron chi connectivity index (χ0n) is 13.0. The number of anilines is 1. The molecule has 0 aliphatic heterocycles. The van der Waals surface area contributed by atoms with Crippen molar-refractivity contribution in [2.24, 2.45) is 0 Å². The predicted octanol–water partition coefficient (Wildman–Crippen LogP) is 5.09. The van der Waals surface area contributed by atoms with Gasteiger partial charge in [0.2, 0.25) is 5.91 Å². The van der Waals surface area contributed by atoms with Gasteiger partial charge in [0.15, 0.2) is 0 Å². The lowest BCUT2D eigenvalue weighted by Gasteiger charge is -2.17. The van der Waals surface area contributed by atoms with Gasteiger partial charge in [-0.1, -0.05) is 59.6 Å². The van der Waals surface area contributed by atoms with Gasteiger partial charge in [0, 0.05) is 11.8 Å². The first-order valence-electron chi connectivity index (χ1n) is 7.66. The van der Waals surface area contributed by atoms with Crippen molar-refractivity contribution in [3.8, 4) is 0 Å². The monoisotopic (exact) mass is 323 g/mol. The molecule has 1 aliphatic carbocycles. The fourth-order valence-electron chi connectivity index (χ4n) is 2.66. The highest BCUT2D eigenvalue weighted by molar-refractivity contribution is 6.49. The first kappa shape index (κ1) is 15.6. The molecule has 2 aromatic rings. The highest BCUT2D eigenvalue weighted by Gasteiger charge is 2.15. The Balaban J connectivity index is 1.72. The van der Waals surface area contributed by atoms with Crippen molar-refractivity contribution in [1.29, 1.82) is 0 Å². The smallest absolute Gasteiger partial charge is 0.248 e. The van der Waals surface area contributed by atoms with E-state index in [2.05, 4.69) is 11.4 Å². The fourth-order valence-corrected chi connectivity index (χ4v) is 3.00. The number of rotatable bonds is 3. The van der Waals surface area contributed by atoms with E-state index in [1.807, 2.05) is 55.5 Å². The average molecular weight is 324 g/mol. The van der Waals surface area contributed by atoms with Gasteiger partial charge in [-0.05, 0) is 48.6 Å². The van der Waals surface area contributed by atoms with E-state index in [4.69, 9.17) is 11.6 Å². The Morgan fingerprint density at radius 3 is 2.61 bits per heavy atom. The van der Waals surface area contributed by atoms with E-state index < -0.39 is 0 Å². The third-order valence-electron chi connectivity index (χ3n) is 3.95. The molecule has 0 aromatic heterocycles. The zero-order valence-corrected chi connectivity index (χ0v) is 13.7. The third-order valence-corrected chi connectivity index (χ3v) is 4.40. The second-order valence-electron chi connectivity index (χ2n) is 5.68. The number of benzene rings is 2. The highest BCUT2D eigenvalue weighted by atomic mass is 35.5. The maximum atomic E-state index is 12.0. The van der Waals surface area contributed by atoms with E-state index in [0.717, 1.165) is 40.3 Å². The number of halogens is 1. The van der Waals surface area contributed by atoms with Gasteiger partial charge in [-0.25, -0.2) is 0 Å². The molecule has 1 N–H and O–H groups in total. The molecule has 1 amide bonds. The zero-order chi connectivity index (χ0) is 16.2. The van der Waals surface area contributed by atoms with E-state index in [-0.39, 0.29) is 5.91 Å². The van der Waals surface area contributed by atoms with Crippen molar-refractivity contribution in [3.05, 3.63) is 82.9 Å². The summed E-state index contributed by atoms with van der Waals surface area (Å²) >= 11 is 6.47. The van der Waals surface area contributed by atoms with Gasteiger partial charge in [-0.15, -0.1) is 0 Å². The van der Waals surface area contributed by atoms with Crippen molar-refractivity contribution in [2.75, 3.05) is 5.32 Å². The number of aryl methyl sites for hydroxylation is 2. The minimum absolute atomic E-state index is 0.148. The number of fused-ring (bicyclic) bond motifs is 1. The van der Waals surface area contributed by atoms with Crippen molar-refractivity contribution < 1.29 is 4.79 Å². The minimum Gasteiger partial charge on any atom is -0.323 e. The lowest BCUT2D eigenvalue weighted by atomic mass is 9.92. The first-order valence-corrected chi connectivity index (χ1v) is 8.04. The highest BCUT2D eigenvalue weighted by Crippen LogP contribution is 2.34. The van der Waals surface area contributed by atoms with Crippen molar-refractivity contribution in [3.63, 3.8) is 0 Å². The van der Waals surface area contributed by atoms with Gasteiger partial charge in [0.25, 0.3) is 0 Å². The van der Waals surface area contributed by atoms with E-state index in [0.29, 0.717) is 0 Å². The normalized spacial score (nSPS) is 14.0. The Hall–Kier alpha value is -2.32. The summed E-state index contributed by atoms with van der Waals surface area (Å²) < 4.78 is 0. The summed E-state index contributed by atoms with van der Waals surface area (Å²) in [6.07, 6.45) is 5.17. The van der Waals surface area contributed by atoms with Crippen molar-refractivity contribution >= 4 is 28.2 Å². The summed E-state index contributed by atoms with van der Waals surface area (Å²) in [5.41, 5.74) is 5.29. The molecular formula is C20H18ClNO. The maximum Gasteiger partial charge on any atom is 0.248 e. The number of nitrogens with one attached hydrogen (secondary N) is 1. The topological polar surface area (TPSA) is 29.1 Å². The van der Waals surface area contributed by atoms with Crippen LogP contribution in [0.5, 0.6) is 0 Å². The first-order chi connectivity index (χ1) is 11.1. The van der Waals surface area contributed by atoms with Crippen molar-refractivity contribution in [1.82, 2.24) is 0 Å². The Morgan fingerprint density at radius 2 is 1.83 bits per heavy atom. The fraction of sp³-hybridized carbons (Fsp3) is 0.150. The molecule has 0 radical (unpaired) electrons. The van der Waals surface area contributed by atoms with Gasteiger partial charge in [-0.3, -0.25) is 4.79 Å². The van der Waals surface area contributed by atoms with Gasteiger partial charge >= 0.3 is 0 Å². The molecule has 0 saturated heterocycles. The molecule has 0 fully saturated rings. The van der Waals surface area contributed by atoms with Crippen molar-refractivity contribution in [2.45, 2.75) is 19.8 Å². The van der Waals surface area contributed by atoms with E-state index in [1.54, 1.807) is 6.08 Å². The molecule has 3 rings (SSSR count). The Labute approximate surface area is 141 Å². The van der Waals surface area contributed by atoms with E-state index in [1.165, 1.54) is 5.56 Å². The van der Waals surface area contributed by atoms with Crippen LogP contribution in [0.25, 0.3) is 5.03 Å². The van der Waals surface area contributed by atoms with Gasteiger partial charge in [0.1, 0.15) is 0 Å². The predicted molar refractivity (Wildman–Crippen MR) is 96.5 cm³/mol. The standard InChI is InChI=1S/C20H18ClNO/c1-14-6-11-17(12-7-14)22-19(23)13-10-16-9-8-15-4-2-3-5-18(15)20(16)21/h2-7,10-13H,8-9H2,1H3,(H,22,23)/b13-10+. The van der Waals surface area contributed by atoms with Crippen LogP contribution in [-0.2, 0) is 11.2 Å². The molecule has 0 saturated carbocycles. The van der Waals surface area contributed by atoms with Crippen LogP contribution in [0, 0.1) is 6.92 Å². The van der Waals surface area contributed by atoms with Crippen LogP contribution in [0.1, 0.15) is 23.1 Å². The number of amides is 1. The summed E-state index contributed by atoms with van der Waals surface area (Å²) in [6.45, 7) is 2.01. The lowest BCUT2D eigenvalue weighted by Crippen LogP contribution is -2.08.